The molecular formula is C22H27N5O. The lowest BCUT2D eigenvalue weighted by atomic mass is 9.93. The van der Waals surface area contributed by atoms with Gasteiger partial charge in [0.15, 0.2) is 0 Å². The van der Waals surface area contributed by atoms with Crippen molar-refractivity contribution >= 4 is 11.6 Å². The number of benzene rings is 1. The summed E-state index contributed by atoms with van der Waals surface area (Å²) < 4.78 is 1.89. The summed E-state index contributed by atoms with van der Waals surface area (Å²) in [5.41, 5.74) is 5.67. The number of carbonyl (C=O) groups excluding carboxylic acids is 1. The molecule has 1 aromatic carbocycles. The maximum Gasteiger partial charge on any atom is 0.277 e. The van der Waals surface area contributed by atoms with Gasteiger partial charge < -0.3 is 0 Å². The SMILES string of the molecule is Cc1ccccc1C1c2c(CC(C)C)n[nH]c2C(=O)N1c1cnn(C(C)C)c1. The normalized spacial score (nSPS) is 16.5. The van der Waals surface area contributed by atoms with Crippen LogP contribution in [0.15, 0.2) is 36.7 Å². The van der Waals surface area contributed by atoms with Crippen LogP contribution in [0.2, 0.25) is 0 Å². The minimum absolute atomic E-state index is 0.0472. The quantitative estimate of drug-likeness (QED) is 0.714. The van der Waals surface area contributed by atoms with Gasteiger partial charge in [0, 0.05) is 17.8 Å². The molecule has 0 saturated heterocycles. The fourth-order valence-corrected chi connectivity index (χ4v) is 3.94. The van der Waals surface area contributed by atoms with E-state index in [1.807, 2.05) is 27.9 Å². The molecule has 0 fully saturated rings. The van der Waals surface area contributed by atoms with Gasteiger partial charge in [-0.05, 0) is 44.2 Å². The number of amides is 1. The first-order valence-electron chi connectivity index (χ1n) is 9.88. The Morgan fingerprint density at radius 2 is 1.93 bits per heavy atom. The van der Waals surface area contributed by atoms with Crippen molar-refractivity contribution in [2.75, 3.05) is 4.90 Å². The molecule has 6 nitrogen and oxygen atoms in total. The third kappa shape index (κ3) is 2.93. The number of rotatable bonds is 5. The van der Waals surface area contributed by atoms with E-state index < -0.39 is 0 Å². The summed E-state index contributed by atoms with van der Waals surface area (Å²) in [7, 11) is 0. The number of fused-ring (bicyclic) bond motifs is 1. The van der Waals surface area contributed by atoms with Crippen LogP contribution in [0, 0.1) is 12.8 Å². The van der Waals surface area contributed by atoms with Crippen LogP contribution in [0.1, 0.15) is 72.7 Å². The molecule has 146 valence electrons. The fraction of sp³-hybridized carbons (Fsp3) is 0.409. The largest absolute Gasteiger partial charge is 0.292 e. The van der Waals surface area contributed by atoms with Gasteiger partial charge in [-0.2, -0.15) is 10.2 Å². The number of carbonyl (C=O) groups is 1. The molecule has 1 N–H and O–H groups in total. The molecule has 0 bridgehead atoms. The number of nitrogens with zero attached hydrogens (tertiary/aromatic N) is 4. The van der Waals surface area contributed by atoms with Crippen molar-refractivity contribution < 1.29 is 4.79 Å². The Morgan fingerprint density at radius 3 is 2.57 bits per heavy atom. The van der Waals surface area contributed by atoms with Crippen LogP contribution in [0.5, 0.6) is 0 Å². The van der Waals surface area contributed by atoms with Crippen LogP contribution >= 0.6 is 0 Å². The summed E-state index contributed by atoms with van der Waals surface area (Å²) in [4.78, 5) is 15.3. The number of H-pyrrole nitrogens is 1. The molecule has 3 heterocycles. The average molecular weight is 377 g/mol. The molecule has 1 aliphatic rings. The van der Waals surface area contributed by atoms with E-state index in [9.17, 15) is 4.79 Å². The Bertz CT molecular complexity index is 1010. The van der Waals surface area contributed by atoms with Gasteiger partial charge in [-0.15, -0.1) is 0 Å². The molecule has 2 aromatic heterocycles. The van der Waals surface area contributed by atoms with Gasteiger partial charge >= 0.3 is 0 Å². The van der Waals surface area contributed by atoms with Crippen molar-refractivity contribution in [1.29, 1.82) is 0 Å². The number of hydrogen-bond donors (Lipinski definition) is 1. The number of aryl methyl sites for hydroxylation is 1. The van der Waals surface area contributed by atoms with Crippen molar-refractivity contribution in [1.82, 2.24) is 20.0 Å². The highest BCUT2D eigenvalue weighted by Crippen LogP contribution is 2.43. The molecule has 1 aliphatic heterocycles. The molecule has 3 aromatic rings. The van der Waals surface area contributed by atoms with Crippen LogP contribution in [0.4, 0.5) is 5.69 Å². The predicted octanol–water partition coefficient (Wildman–Crippen LogP) is 4.44. The van der Waals surface area contributed by atoms with Crippen molar-refractivity contribution in [2.24, 2.45) is 5.92 Å². The number of nitrogens with one attached hydrogen (secondary N) is 1. The van der Waals surface area contributed by atoms with Crippen LogP contribution in [-0.2, 0) is 6.42 Å². The molecule has 0 saturated carbocycles. The third-order valence-corrected chi connectivity index (χ3v) is 5.33. The molecule has 1 atom stereocenters. The summed E-state index contributed by atoms with van der Waals surface area (Å²) in [6.45, 7) is 10.6. The van der Waals surface area contributed by atoms with E-state index >= 15 is 0 Å². The molecule has 6 heteroatoms. The monoisotopic (exact) mass is 377 g/mol. The fourth-order valence-electron chi connectivity index (χ4n) is 3.94. The van der Waals surface area contributed by atoms with Crippen molar-refractivity contribution in [3.8, 4) is 0 Å². The van der Waals surface area contributed by atoms with Crippen LogP contribution in [0.25, 0.3) is 0 Å². The molecule has 28 heavy (non-hydrogen) atoms. The Kier molecular flexibility index (Phi) is 4.57. The van der Waals surface area contributed by atoms with Gasteiger partial charge in [0.1, 0.15) is 5.69 Å². The second kappa shape index (κ2) is 6.93. The van der Waals surface area contributed by atoms with Gasteiger partial charge in [0.2, 0.25) is 0 Å². The minimum atomic E-state index is -0.194. The van der Waals surface area contributed by atoms with E-state index in [0.29, 0.717) is 11.6 Å². The lowest BCUT2D eigenvalue weighted by Crippen LogP contribution is -2.29. The highest BCUT2D eigenvalue weighted by Gasteiger charge is 2.43. The summed E-state index contributed by atoms with van der Waals surface area (Å²) in [6, 6.07) is 8.30. The van der Waals surface area contributed by atoms with Crippen LogP contribution in [-0.4, -0.2) is 25.9 Å². The van der Waals surface area contributed by atoms with Crippen LogP contribution < -0.4 is 4.90 Å². The zero-order valence-corrected chi connectivity index (χ0v) is 17.1. The number of anilines is 1. The summed E-state index contributed by atoms with van der Waals surface area (Å²) >= 11 is 0. The van der Waals surface area contributed by atoms with Crippen molar-refractivity contribution in [2.45, 2.75) is 53.1 Å². The minimum Gasteiger partial charge on any atom is -0.292 e. The van der Waals surface area contributed by atoms with Crippen LogP contribution in [0.3, 0.4) is 0 Å². The van der Waals surface area contributed by atoms with Crippen molar-refractivity contribution in [3.63, 3.8) is 0 Å². The molecular weight excluding hydrogens is 350 g/mol. The third-order valence-electron chi connectivity index (χ3n) is 5.33. The highest BCUT2D eigenvalue weighted by atomic mass is 16.2. The second-order valence-electron chi connectivity index (χ2n) is 8.26. The Balaban J connectivity index is 1.89. The standard InChI is InChI=1S/C22H27N5O/c1-13(2)10-18-19-20(25-24-18)22(28)27(16-11-23-26(12-16)14(3)4)21(19)17-9-7-6-8-15(17)5/h6-9,11-14,21H,10H2,1-5H3,(H,24,25). The lowest BCUT2D eigenvalue weighted by Gasteiger charge is -2.26. The Morgan fingerprint density at radius 1 is 1.18 bits per heavy atom. The molecule has 0 spiro atoms. The molecule has 0 aliphatic carbocycles. The molecule has 1 unspecified atom stereocenters. The van der Waals surface area contributed by atoms with E-state index in [0.717, 1.165) is 34.5 Å². The van der Waals surface area contributed by atoms with E-state index in [2.05, 4.69) is 62.0 Å². The maximum absolute atomic E-state index is 13.4. The van der Waals surface area contributed by atoms with E-state index in [4.69, 9.17) is 0 Å². The zero-order chi connectivity index (χ0) is 20.0. The Labute approximate surface area is 165 Å². The van der Waals surface area contributed by atoms with Gasteiger partial charge in [-0.1, -0.05) is 38.1 Å². The molecule has 0 radical (unpaired) electrons. The van der Waals surface area contributed by atoms with Crippen molar-refractivity contribution in [3.05, 3.63) is 64.7 Å². The second-order valence-corrected chi connectivity index (χ2v) is 8.26. The summed E-state index contributed by atoms with van der Waals surface area (Å²) in [5.74, 6) is 0.409. The van der Waals surface area contributed by atoms with E-state index in [1.165, 1.54) is 0 Å². The summed E-state index contributed by atoms with van der Waals surface area (Å²) in [5, 5.41) is 12.0. The first kappa shape index (κ1) is 18.5. The molecule has 4 rings (SSSR count). The predicted molar refractivity (Wildman–Crippen MR) is 110 cm³/mol. The highest BCUT2D eigenvalue weighted by molar-refractivity contribution is 6.10. The number of hydrogen-bond acceptors (Lipinski definition) is 3. The number of aromatic nitrogens is 4. The maximum atomic E-state index is 13.4. The van der Waals surface area contributed by atoms with Gasteiger partial charge in [-0.25, -0.2) is 0 Å². The molecule has 1 amide bonds. The first-order valence-corrected chi connectivity index (χ1v) is 9.88. The van der Waals surface area contributed by atoms with Gasteiger partial charge in [-0.3, -0.25) is 19.5 Å². The zero-order valence-electron chi connectivity index (χ0n) is 17.1. The van der Waals surface area contributed by atoms with E-state index in [-0.39, 0.29) is 18.0 Å². The lowest BCUT2D eigenvalue weighted by molar-refractivity contribution is 0.0988. The first-order chi connectivity index (χ1) is 13.4. The van der Waals surface area contributed by atoms with Gasteiger partial charge in [0.25, 0.3) is 5.91 Å². The summed E-state index contributed by atoms with van der Waals surface area (Å²) in [6.07, 6.45) is 4.57. The van der Waals surface area contributed by atoms with Gasteiger partial charge in [0.05, 0.1) is 23.6 Å². The smallest absolute Gasteiger partial charge is 0.277 e. The topological polar surface area (TPSA) is 66.8 Å². The van der Waals surface area contributed by atoms with E-state index in [1.54, 1.807) is 6.20 Å². The average Bonchev–Trinajstić information content (AvgIpc) is 3.32. The number of aromatic amines is 1. The Hall–Kier alpha value is -2.89.